The fourth-order valence-electron chi connectivity index (χ4n) is 2.37. The van der Waals surface area contributed by atoms with E-state index in [4.69, 9.17) is 27.9 Å². The summed E-state index contributed by atoms with van der Waals surface area (Å²) in [6.45, 7) is 3.07. The lowest BCUT2D eigenvalue weighted by Crippen LogP contribution is -2.20. The van der Waals surface area contributed by atoms with Gasteiger partial charge in [0, 0.05) is 6.04 Å². The first-order chi connectivity index (χ1) is 10.6. The number of halogens is 2. The van der Waals surface area contributed by atoms with Crippen LogP contribution in [0.25, 0.3) is 0 Å². The number of nitrogens with one attached hydrogen (secondary N) is 1. The lowest BCUT2D eigenvalue weighted by Gasteiger charge is -2.15. The molecule has 2 aromatic rings. The highest BCUT2D eigenvalue weighted by molar-refractivity contribution is 6.42. The number of aryl methyl sites for hydroxylation is 1. The Hall–Kier alpha value is -1.22. The molecule has 0 saturated carbocycles. The third-order valence-corrected chi connectivity index (χ3v) is 4.56. The molecule has 1 N–H and O–H groups in total. The largest absolute Gasteiger partial charge is 0.497 e. The molecule has 0 saturated heterocycles. The first-order valence-corrected chi connectivity index (χ1v) is 8.17. The maximum atomic E-state index is 6.20. The summed E-state index contributed by atoms with van der Waals surface area (Å²) < 4.78 is 5.26. The van der Waals surface area contributed by atoms with E-state index in [1.165, 1.54) is 5.56 Å². The molecular weight excluding hydrogens is 317 g/mol. The molecule has 0 bridgehead atoms. The third-order valence-electron chi connectivity index (χ3n) is 3.70. The number of ether oxygens (including phenoxy) is 1. The molecule has 0 aliphatic heterocycles. The van der Waals surface area contributed by atoms with Crippen molar-refractivity contribution in [3.05, 3.63) is 63.6 Å². The molecule has 0 amide bonds. The zero-order valence-electron chi connectivity index (χ0n) is 12.9. The maximum absolute atomic E-state index is 6.20. The van der Waals surface area contributed by atoms with Gasteiger partial charge in [-0.25, -0.2) is 0 Å². The summed E-state index contributed by atoms with van der Waals surface area (Å²) in [4.78, 5) is 0. The Morgan fingerprint density at radius 2 is 1.91 bits per heavy atom. The van der Waals surface area contributed by atoms with Gasteiger partial charge in [0.25, 0.3) is 0 Å². The number of hydrogen-bond donors (Lipinski definition) is 1. The molecule has 0 aliphatic rings. The van der Waals surface area contributed by atoms with Gasteiger partial charge >= 0.3 is 0 Å². The van der Waals surface area contributed by atoms with Crippen LogP contribution in [-0.2, 0) is 6.42 Å². The smallest absolute Gasteiger partial charge is 0.119 e. The molecule has 2 nitrogen and oxygen atoms in total. The number of rotatable bonds is 7. The molecular formula is C18H21Cl2NO. The average Bonchev–Trinajstić information content (AvgIpc) is 2.55. The average molecular weight is 338 g/mol. The Morgan fingerprint density at radius 1 is 1.14 bits per heavy atom. The second-order valence-electron chi connectivity index (χ2n) is 5.27. The second-order valence-corrected chi connectivity index (χ2v) is 6.05. The van der Waals surface area contributed by atoms with Crippen LogP contribution in [-0.4, -0.2) is 13.7 Å². The van der Waals surface area contributed by atoms with E-state index in [0.717, 1.165) is 30.7 Å². The molecule has 0 aromatic heterocycles. The molecule has 1 atom stereocenters. The van der Waals surface area contributed by atoms with Crippen molar-refractivity contribution in [2.75, 3.05) is 13.7 Å². The van der Waals surface area contributed by atoms with E-state index in [0.29, 0.717) is 10.0 Å². The molecule has 0 aliphatic carbocycles. The Balaban J connectivity index is 1.82. The number of methoxy groups -OCH3 is 1. The van der Waals surface area contributed by atoms with Gasteiger partial charge in [0.2, 0.25) is 0 Å². The molecule has 0 spiro atoms. The van der Waals surface area contributed by atoms with Crippen LogP contribution in [0.5, 0.6) is 5.75 Å². The fourth-order valence-corrected chi connectivity index (χ4v) is 2.78. The minimum Gasteiger partial charge on any atom is -0.497 e. The van der Waals surface area contributed by atoms with E-state index in [1.807, 2.05) is 30.3 Å². The van der Waals surface area contributed by atoms with Gasteiger partial charge < -0.3 is 10.1 Å². The van der Waals surface area contributed by atoms with Crippen LogP contribution >= 0.6 is 23.2 Å². The minimum absolute atomic E-state index is 0.282. The summed E-state index contributed by atoms with van der Waals surface area (Å²) >= 11 is 12.2. The van der Waals surface area contributed by atoms with Crippen molar-refractivity contribution < 1.29 is 4.74 Å². The first kappa shape index (κ1) is 17.1. The van der Waals surface area contributed by atoms with Crippen molar-refractivity contribution in [3.8, 4) is 5.75 Å². The summed E-state index contributed by atoms with van der Waals surface area (Å²) in [5, 5.41) is 4.82. The SMILES string of the molecule is COc1cccc([C@@H](C)NCCCc2cccc(Cl)c2Cl)c1. The summed E-state index contributed by atoms with van der Waals surface area (Å²) in [6, 6.07) is 14.2. The Kier molecular flexibility index (Phi) is 6.56. The third kappa shape index (κ3) is 4.64. The van der Waals surface area contributed by atoms with Gasteiger partial charge in [0.15, 0.2) is 0 Å². The van der Waals surface area contributed by atoms with Crippen molar-refractivity contribution >= 4 is 23.2 Å². The topological polar surface area (TPSA) is 21.3 Å². The molecule has 0 fully saturated rings. The van der Waals surface area contributed by atoms with Gasteiger partial charge in [-0.2, -0.15) is 0 Å². The summed E-state index contributed by atoms with van der Waals surface area (Å²) in [5.74, 6) is 0.886. The Labute approximate surface area is 142 Å². The van der Waals surface area contributed by atoms with Crippen LogP contribution in [0.3, 0.4) is 0 Å². The highest BCUT2D eigenvalue weighted by Gasteiger charge is 2.07. The van der Waals surface area contributed by atoms with Crippen LogP contribution in [0.15, 0.2) is 42.5 Å². The highest BCUT2D eigenvalue weighted by atomic mass is 35.5. The Bertz CT molecular complexity index is 616. The highest BCUT2D eigenvalue weighted by Crippen LogP contribution is 2.26. The fraction of sp³-hybridized carbons (Fsp3) is 0.333. The van der Waals surface area contributed by atoms with Crippen molar-refractivity contribution in [1.82, 2.24) is 5.32 Å². The predicted molar refractivity (Wildman–Crippen MR) is 94.2 cm³/mol. The van der Waals surface area contributed by atoms with Gasteiger partial charge in [0.1, 0.15) is 5.75 Å². The summed E-state index contributed by atoms with van der Waals surface area (Å²) in [5.41, 5.74) is 2.32. The van der Waals surface area contributed by atoms with E-state index >= 15 is 0 Å². The lowest BCUT2D eigenvalue weighted by molar-refractivity contribution is 0.413. The van der Waals surface area contributed by atoms with Gasteiger partial charge in [-0.15, -0.1) is 0 Å². The molecule has 4 heteroatoms. The molecule has 0 heterocycles. The van der Waals surface area contributed by atoms with E-state index < -0.39 is 0 Å². The first-order valence-electron chi connectivity index (χ1n) is 7.42. The normalized spacial score (nSPS) is 12.2. The quantitative estimate of drug-likeness (QED) is 0.693. The Morgan fingerprint density at radius 3 is 2.68 bits per heavy atom. The lowest BCUT2D eigenvalue weighted by atomic mass is 10.1. The van der Waals surface area contributed by atoms with Crippen molar-refractivity contribution in [2.45, 2.75) is 25.8 Å². The number of benzene rings is 2. The van der Waals surface area contributed by atoms with E-state index in [-0.39, 0.29) is 6.04 Å². The van der Waals surface area contributed by atoms with Crippen LogP contribution in [0, 0.1) is 0 Å². The predicted octanol–water partition coefficient (Wildman–Crippen LogP) is 5.29. The van der Waals surface area contributed by atoms with E-state index in [9.17, 15) is 0 Å². The standard InChI is InChI=1S/C18H21Cl2NO/c1-13(15-7-3-9-16(12-15)22-2)21-11-5-8-14-6-4-10-17(19)18(14)20/h3-4,6-7,9-10,12-13,21H,5,8,11H2,1-2H3/t13-/m1/s1. The van der Waals surface area contributed by atoms with Crippen molar-refractivity contribution in [1.29, 1.82) is 0 Å². The van der Waals surface area contributed by atoms with Gasteiger partial charge in [0.05, 0.1) is 17.2 Å². The van der Waals surface area contributed by atoms with Gasteiger partial charge in [-0.1, -0.05) is 47.5 Å². The van der Waals surface area contributed by atoms with Crippen LogP contribution in [0.4, 0.5) is 0 Å². The van der Waals surface area contributed by atoms with E-state index in [1.54, 1.807) is 7.11 Å². The van der Waals surface area contributed by atoms with Crippen molar-refractivity contribution in [3.63, 3.8) is 0 Å². The minimum atomic E-state index is 0.282. The number of hydrogen-bond acceptors (Lipinski definition) is 2. The van der Waals surface area contributed by atoms with Crippen LogP contribution < -0.4 is 10.1 Å². The summed E-state index contributed by atoms with van der Waals surface area (Å²) in [7, 11) is 1.69. The molecule has 0 radical (unpaired) electrons. The van der Waals surface area contributed by atoms with Crippen molar-refractivity contribution in [2.24, 2.45) is 0 Å². The molecule has 118 valence electrons. The molecule has 2 aromatic carbocycles. The van der Waals surface area contributed by atoms with Gasteiger partial charge in [-0.05, 0) is 55.6 Å². The van der Waals surface area contributed by atoms with E-state index in [2.05, 4.69) is 24.4 Å². The molecule has 2 rings (SSSR count). The second kappa shape index (κ2) is 8.42. The molecule has 22 heavy (non-hydrogen) atoms. The monoisotopic (exact) mass is 337 g/mol. The van der Waals surface area contributed by atoms with Gasteiger partial charge in [-0.3, -0.25) is 0 Å². The molecule has 0 unspecified atom stereocenters. The van der Waals surface area contributed by atoms with Crippen LogP contribution in [0.1, 0.15) is 30.5 Å². The maximum Gasteiger partial charge on any atom is 0.119 e. The zero-order chi connectivity index (χ0) is 15.9. The summed E-state index contributed by atoms with van der Waals surface area (Å²) in [6.07, 6.45) is 1.92. The van der Waals surface area contributed by atoms with Crippen LogP contribution in [0.2, 0.25) is 10.0 Å². The zero-order valence-corrected chi connectivity index (χ0v) is 14.4.